The number of benzene rings is 2. The van der Waals surface area contributed by atoms with Gasteiger partial charge in [0.1, 0.15) is 5.60 Å². The zero-order chi connectivity index (χ0) is 27.3. The number of hydrogen-bond donors (Lipinski definition) is 1. The third-order valence-electron chi connectivity index (χ3n) is 6.86. The van der Waals surface area contributed by atoms with Gasteiger partial charge in [0.05, 0.1) is 5.71 Å². The summed E-state index contributed by atoms with van der Waals surface area (Å²) in [5.41, 5.74) is 7.83. The highest BCUT2D eigenvalue weighted by Gasteiger charge is 2.24. The molecular formula is C32H37N3O3. The molecule has 1 aliphatic heterocycles. The van der Waals surface area contributed by atoms with Crippen LogP contribution in [-0.2, 0) is 4.74 Å². The van der Waals surface area contributed by atoms with E-state index in [2.05, 4.69) is 65.6 Å². The molecule has 3 aromatic rings. The van der Waals surface area contributed by atoms with Crippen molar-refractivity contribution >= 4 is 17.4 Å². The number of aromatic nitrogens is 1. The number of pyridine rings is 1. The maximum absolute atomic E-state index is 12.4. The Morgan fingerprint density at radius 3 is 2.45 bits per heavy atom. The van der Waals surface area contributed by atoms with Gasteiger partial charge in [0.15, 0.2) is 0 Å². The lowest BCUT2D eigenvalue weighted by molar-refractivity contribution is 0.0270. The predicted molar refractivity (Wildman–Crippen MR) is 152 cm³/mol. The highest BCUT2D eigenvalue weighted by Crippen LogP contribution is 2.33. The molecule has 1 atom stereocenters. The highest BCUT2D eigenvalue weighted by molar-refractivity contribution is 6.01. The maximum Gasteiger partial charge on any atom is 0.410 e. The molecule has 0 saturated carbocycles. The molecule has 1 aromatic heterocycles. The van der Waals surface area contributed by atoms with Crippen molar-refractivity contribution in [2.24, 2.45) is 5.16 Å². The average molecular weight is 512 g/mol. The van der Waals surface area contributed by atoms with Crippen LogP contribution in [0.15, 0.2) is 78.1 Å². The molecule has 0 unspecified atom stereocenters. The molecule has 0 bridgehead atoms. The fraction of sp³-hybridized carbons (Fsp3) is 0.344. The third kappa shape index (κ3) is 6.68. The van der Waals surface area contributed by atoms with Crippen LogP contribution in [0.5, 0.6) is 0 Å². The number of hydrogen-bond acceptors (Lipinski definition) is 5. The summed E-state index contributed by atoms with van der Waals surface area (Å²) >= 11 is 0. The van der Waals surface area contributed by atoms with Crippen molar-refractivity contribution < 1.29 is 14.7 Å². The van der Waals surface area contributed by atoms with Gasteiger partial charge in [0, 0.05) is 42.9 Å². The van der Waals surface area contributed by atoms with Gasteiger partial charge in [-0.1, -0.05) is 59.8 Å². The molecule has 198 valence electrons. The number of oxime groups is 1. The topological polar surface area (TPSA) is 75.0 Å². The van der Waals surface area contributed by atoms with E-state index in [1.807, 2.05) is 45.9 Å². The normalized spacial score (nSPS) is 15.1. The van der Waals surface area contributed by atoms with Crippen molar-refractivity contribution in [3.05, 3.63) is 106 Å². The lowest BCUT2D eigenvalue weighted by atomic mass is 9.83. The van der Waals surface area contributed by atoms with E-state index < -0.39 is 5.60 Å². The number of aryl methyl sites for hydroxylation is 2. The first-order valence-electron chi connectivity index (χ1n) is 13.1. The lowest BCUT2D eigenvalue weighted by Crippen LogP contribution is -2.39. The van der Waals surface area contributed by atoms with Crippen molar-refractivity contribution in [1.29, 1.82) is 0 Å². The van der Waals surface area contributed by atoms with Crippen LogP contribution >= 0.6 is 0 Å². The van der Waals surface area contributed by atoms with Gasteiger partial charge in [-0.05, 0) is 81.0 Å². The minimum absolute atomic E-state index is 0.0209. The van der Waals surface area contributed by atoms with Gasteiger partial charge in [0.2, 0.25) is 0 Å². The fourth-order valence-corrected chi connectivity index (χ4v) is 4.87. The molecule has 2 aromatic carbocycles. The molecule has 6 heteroatoms. The summed E-state index contributed by atoms with van der Waals surface area (Å²) in [4.78, 5) is 18.4. The zero-order valence-corrected chi connectivity index (χ0v) is 22.9. The Morgan fingerprint density at radius 1 is 1.11 bits per heavy atom. The van der Waals surface area contributed by atoms with Crippen molar-refractivity contribution in [2.45, 2.75) is 59.0 Å². The van der Waals surface area contributed by atoms with Crippen LogP contribution in [0.3, 0.4) is 0 Å². The standard InChI is InChI=1S/C32H37N3O3/c1-22-8-6-7-9-28(22)29(21-30(34-37)27-14-17-33-23(2)20-27)26-12-10-24(11-13-26)25-15-18-35(19-16-25)31(36)38-32(3,4)5/h6-15,17,20,29,37H,16,18-19,21H2,1-5H3/b34-30+/t29-/m1/s1. The van der Waals surface area contributed by atoms with Crippen LogP contribution in [0.2, 0.25) is 0 Å². The minimum Gasteiger partial charge on any atom is -0.444 e. The van der Waals surface area contributed by atoms with Crippen molar-refractivity contribution in [2.75, 3.05) is 13.1 Å². The van der Waals surface area contributed by atoms with E-state index in [-0.39, 0.29) is 12.0 Å². The van der Waals surface area contributed by atoms with Crippen molar-refractivity contribution in [3.63, 3.8) is 0 Å². The van der Waals surface area contributed by atoms with Crippen molar-refractivity contribution in [3.8, 4) is 0 Å². The lowest BCUT2D eigenvalue weighted by Gasteiger charge is -2.29. The molecule has 0 saturated heterocycles. The molecule has 0 aliphatic carbocycles. The average Bonchev–Trinajstić information content (AvgIpc) is 2.89. The van der Waals surface area contributed by atoms with E-state index in [9.17, 15) is 10.0 Å². The Hall–Kier alpha value is -3.93. The van der Waals surface area contributed by atoms with Crippen molar-refractivity contribution in [1.82, 2.24) is 9.88 Å². The largest absolute Gasteiger partial charge is 0.444 e. The van der Waals surface area contributed by atoms with Gasteiger partial charge in [-0.25, -0.2) is 4.79 Å². The first-order chi connectivity index (χ1) is 18.1. The van der Waals surface area contributed by atoms with Gasteiger partial charge in [-0.15, -0.1) is 0 Å². The van der Waals surface area contributed by atoms with Crippen LogP contribution in [0.4, 0.5) is 4.79 Å². The van der Waals surface area contributed by atoms with Crippen LogP contribution in [0.25, 0.3) is 5.57 Å². The third-order valence-corrected chi connectivity index (χ3v) is 6.86. The Kier molecular flexibility index (Phi) is 8.30. The van der Waals surface area contributed by atoms with Crippen LogP contribution in [-0.4, -0.2) is 45.6 Å². The summed E-state index contributed by atoms with van der Waals surface area (Å²) in [7, 11) is 0. The second kappa shape index (κ2) is 11.6. The van der Waals surface area contributed by atoms with Gasteiger partial charge < -0.3 is 14.8 Å². The van der Waals surface area contributed by atoms with Gasteiger partial charge in [0.25, 0.3) is 0 Å². The molecule has 2 heterocycles. The number of ether oxygens (including phenoxy) is 1. The minimum atomic E-state index is -0.499. The Labute approximate surface area is 225 Å². The van der Waals surface area contributed by atoms with Gasteiger partial charge >= 0.3 is 6.09 Å². The Morgan fingerprint density at radius 2 is 1.84 bits per heavy atom. The second-order valence-electron chi connectivity index (χ2n) is 10.9. The molecule has 38 heavy (non-hydrogen) atoms. The van der Waals surface area contributed by atoms with Gasteiger partial charge in [-0.2, -0.15) is 0 Å². The molecule has 4 rings (SSSR count). The summed E-state index contributed by atoms with van der Waals surface area (Å²) in [6, 6.07) is 20.8. The number of rotatable bonds is 6. The highest BCUT2D eigenvalue weighted by atomic mass is 16.6. The molecule has 1 amide bonds. The Balaban J connectivity index is 1.57. The SMILES string of the molecule is Cc1cc(/C(C[C@H](c2ccc(C3=CCN(C(=O)OC(C)(C)C)CC3)cc2)c2ccccc2C)=N/O)ccn1. The first-order valence-corrected chi connectivity index (χ1v) is 13.1. The number of nitrogens with zero attached hydrogens (tertiary/aromatic N) is 3. The first kappa shape index (κ1) is 27.1. The maximum atomic E-state index is 12.4. The van der Waals surface area contributed by atoms with Crippen LogP contribution in [0, 0.1) is 13.8 Å². The fourth-order valence-electron chi connectivity index (χ4n) is 4.87. The quantitative estimate of drug-likeness (QED) is 0.217. The van der Waals surface area contributed by atoms with Gasteiger partial charge in [-0.3, -0.25) is 4.98 Å². The number of carbonyl (C=O) groups is 1. The molecular weight excluding hydrogens is 474 g/mol. The van der Waals surface area contributed by atoms with E-state index in [4.69, 9.17) is 4.74 Å². The summed E-state index contributed by atoms with van der Waals surface area (Å²) in [6.07, 6.45) is 4.92. The molecule has 0 fully saturated rings. The summed E-state index contributed by atoms with van der Waals surface area (Å²) in [5.74, 6) is 0.0209. The zero-order valence-electron chi connectivity index (χ0n) is 22.9. The van der Waals surface area contributed by atoms with E-state index in [0.717, 1.165) is 28.8 Å². The van der Waals surface area contributed by atoms with E-state index in [1.165, 1.54) is 16.7 Å². The summed E-state index contributed by atoms with van der Waals surface area (Å²) in [5, 5.41) is 13.6. The molecule has 0 radical (unpaired) electrons. The predicted octanol–water partition coefficient (Wildman–Crippen LogP) is 7.12. The summed E-state index contributed by atoms with van der Waals surface area (Å²) < 4.78 is 5.52. The van der Waals surface area contributed by atoms with E-state index >= 15 is 0 Å². The molecule has 0 spiro atoms. The molecule has 6 nitrogen and oxygen atoms in total. The molecule has 1 aliphatic rings. The number of carbonyl (C=O) groups excluding carboxylic acids is 1. The van der Waals surface area contributed by atoms with Crippen LogP contribution < -0.4 is 0 Å². The monoisotopic (exact) mass is 511 g/mol. The number of amides is 1. The Bertz CT molecular complexity index is 1340. The smallest absolute Gasteiger partial charge is 0.410 e. The van der Waals surface area contributed by atoms with Crippen LogP contribution in [0.1, 0.15) is 73.0 Å². The van der Waals surface area contributed by atoms with E-state index in [1.54, 1.807) is 11.1 Å². The second-order valence-corrected chi connectivity index (χ2v) is 10.9. The van der Waals surface area contributed by atoms with E-state index in [0.29, 0.717) is 25.2 Å². The molecule has 1 N–H and O–H groups in total. The summed E-state index contributed by atoms with van der Waals surface area (Å²) in [6.45, 7) is 10.9.